The third-order valence-corrected chi connectivity index (χ3v) is 5.94. The molecule has 0 radical (unpaired) electrons. The number of hydrogen-bond donors (Lipinski definition) is 0. The monoisotopic (exact) mass is 390 g/mol. The Labute approximate surface area is 176 Å². The zero-order valence-electron chi connectivity index (χ0n) is 18.9. The van der Waals surface area contributed by atoms with Crippen molar-refractivity contribution in [3.05, 3.63) is 70.9 Å². The quantitative estimate of drug-likeness (QED) is 0.566. The molecule has 2 aromatic carbocycles. The van der Waals surface area contributed by atoms with Gasteiger partial charge in [0.15, 0.2) is 0 Å². The van der Waals surface area contributed by atoms with Crippen LogP contribution in [0.15, 0.2) is 64.5 Å². The Morgan fingerprint density at radius 2 is 1.55 bits per heavy atom. The molecule has 1 heterocycles. The standard InChI is InChI=1S/C25H34N4/c1-8-29(9-2)22-14-15-23(18(3)16-22)24(25(5)17-19(4)26-27-25)20-10-12-21(13-11-20)28(6)7/h10-17,24H,8-9H2,1-7H3. The summed E-state index contributed by atoms with van der Waals surface area (Å²) in [7, 11) is 4.14. The largest absolute Gasteiger partial charge is 0.378 e. The Hall–Kier alpha value is -2.62. The number of allylic oxidation sites excluding steroid dienone is 1. The van der Waals surface area contributed by atoms with E-state index in [1.165, 1.54) is 28.1 Å². The molecule has 0 bridgehead atoms. The number of benzene rings is 2. The molecule has 0 fully saturated rings. The van der Waals surface area contributed by atoms with Gasteiger partial charge in [0.2, 0.25) is 0 Å². The predicted molar refractivity (Wildman–Crippen MR) is 124 cm³/mol. The van der Waals surface area contributed by atoms with Gasteiger partial charge in [0.1, 0.15) is 5.54 Å². The van der Waals surface area contributed by atoms with Crippen molar-refractivity contribution < 1.29 is 0 Å². The second-order valence-corrected chi connectivity index (χ2v) is 8.34. The Balaban J connectivity index is 2.10. The van der Waals surface area contributed by atoms with Gasteiger partial charge in [-0.25, -0.2) is 0 Å². The summed E-state index contributed by atoms with van der Waals surface area (Å²) in [5, 5.41) is 9.08. The van der Waals surface area contributed by atoms with Crippen LogP contribution in [-0.2, 0) is 0 Å². The fourth-order valence-corrected chi connectivity index (χ4v) is 4.37. The minimum absolute atomic E-state index is 0.116. The molecule has 0 aliphatic carbocycles. The van der Waals surface area contributed by atoms with Crippen molar-refractivity contribution >= 4 is 11.4 Å². The van der Waals surface area contributed by atoms with Crippen LogP contribution in [0, 0.1) is 6.92 Å². The SMILES string of the molecule is CCN(CC)c1ccc(C(c2ccc(N(C)C)cc2)C2(C)C=C(C)N=N2)c(C)c1. The molecule has 0 spiro atoms. The zero-order valence-corrected chi connectivity index (χ0v) is 18.9. The Bertz CT molecular complexity index is 907. The van der Waals surface area contributed by atoms with Crippen LogP contribution in [0.1, 0.15) is 50.3 Å². The number of nitrogens with zero attached hydrogens (tertiary/aromatic N) is 4. The highest BCUT2D eigenvalue weighted by Crippen LogP contribution is 2.44. The molecule has 1 aliphatic heterocycles. The molecule has 0 saturated carbocycles. The van der Waals surface area contributed by atoms with E-state index in [0.29, 0.717) is 0 Å². The third-order valence-electron chi connectivity index (χ3n) is 5.94. The first kappa shape index (κ1) is 21.1. The van der Waals surface area contributed by atoms with Crippen LogP contribution in [0.2, 0.25) is 0 Å². The van der Waals surface area contributed by atoms with Crippen LogP contribution in [0.25, 0.3) is 0 Å². The highest BCUT2D eigenvalue weighted by molar-refractivity contribution is 5.55. The summed E-state index contributed by atoms with van der Waals surface area (Å²) in [5.74, 6) is 0.116. The molecule has 4 heteroatoms. The van der Waals surface area contributed by atoms with Crippen molar-refractivity contribution in [1.82, 2.24) is 0 Å². The van der Waals surface area contributed by atoms with E-state index in [9.17, 15) is 0 Å². The first-order chi connectivity index (χ1) is 13.8. The Kier molecular flexibility index (Phi) is 6.11. The summed E-state index contributed by atoms with van der Waals surface area (Å²) < 4.78 is 0. The molecular formula is C25H34N4. The highest BCUT2D eigenvalue weighted by atomic mass is 15.2. The molecule has 0 amide bonds. The van der Waals surface area contributed by atoms with Gasteiger partial charge in [-0.3, -0.25) is 0 Å². The molecule has 0 aromatic heterocycles. The molecule has 2 unspecified atom stereocenters. The first-order valence-electron chi connectivity index (χ1n) is 10.5. The number of anilines is 2. The summed E-state index contributed by atoms with van der Waals surface area (Å²) in [5.41, 5.74) is 6.96. The molecule has 2 atom stereocenters. The molecule has 3 rings (SSSR count). The minimum Gasteiger partial charge on any atom is -0.378 e. The summed E-state index contributed by atoms with van der Waals surface area (Å²) in [4.78, 5) is 4.52. The topological polar surface area (TPSA) is 31.2 Å². The number of aryl methyl sites for hydroxylation is 1. The average molecular weight is 391 g/mol. The van der Waals surface area contributed by atoms with Crippen LogP contribution >= 0.6 is 0 Å². The van der Waals surface area contributed by atoms with Crippen LogP contribution < -0.4 is 9.80 Å². The lowest BCUT2D eigenvalue weighted by Gasteiger charge is -2.32. The molecule has 4 nitrogen and oxygen atoms in total. The van der Waals surface area contributed by atoms with E-state index in [1.807, 2.05) is 6.92 Å². The molecule has 154 valence electrons. The second-order valence-electron chi connectivity index (χ2n) is 8.34. The second kappa shape index (κ2) is 8.40. The van der Waals surface area contributed by atoms with Gasteiger partial charge in [-0.2, -0.15) is 10.2 Å². The van der Waals surface area contributed by atoms with Crippen LogP contribution in [0.3, 0.4) is 0 Å². The van der Waals surface area contributed by atoms with Gasteiger partial charge in [-0.1, -0.05) is 18.2 Å². The lowest BCUT2D eigenvalue weighted by atomic mass is 9.75. The Morgan fingerprint density at radius 1 is 0.931 bits per heavy atom. The van der Waals surface area contributed by atoms with Gasteiger partial charge < -0.3 is 9.80 Å². The fourth-order valence-electron chi connectivity index (χ4n) is 4.37. The number of hydrogen-bond acceptors (Lipinski definition) is 4. The average Bonchev–Trinajstić information content (AvgIpc) is 3.04. The third kappa shape index (κ3) is 4.21. The molecular weight excluding hydrogens is 356 g/mol. The van der Waals surface area contributed by atoms with E-state index in [1.54, 1.807) is 0 Å². The van der Waals surface area contributed by atoms with Gasteiger partial charge in [0, 0.05) is 44.5 Å². The first-order valence-corrected chi connectivity index (χ1v) is 10.5. The highest BCUT2D eigenvalue weighted by Gasteiger charge is 2.38. The maximum Gasteiger partial charge on any atom is 0.110 e. The minimum atomic E-state index is -0.384. The van der Waals surface area contributed by atoms with E-state index >= 15 is 0 Å². The summed E-state index contributed by atoms with van der Waals surface area (Å²) in [6.45, 7) is 12.9. The number of azo groups is 1. The van der Waals surface area contributed by atoms with Gasteiger partial charge in [-0.15, -0.1) is 0 Å². The van der Waals surface area contributed by atoms with E-state index < -0.39 is 0 Å². The van der Waals surface area contributed by atoms with E-state index in [-0.39, 0.29) is 11.5 Å². The van der Waals surface area contributed by atoms with Gasteiger partial charge in [0.25, 0.3) is 0 Å². The lowest BCUT2D eigenvalue weighted by molar-refractivity contribution is 0.507. The predicted octanol–water partition coefficient (Wildman–Crippen LogP) is 6.17. The van der Waals surface area contributed by atoms with E-state index in [2.05, 4.69) is 105 Å². The zero-order chi connectivity index (χ0) is 21.2. The van der Waals surface area contributed by atoms with Gasteiger partial charge >= 0.3 is 0 Å². The van der Waals surface area contributed by atoms with Crippen molar-refractivity contribution in [2.24, 2.45) is 10.2 Å². The maximum atomic E-state index is 4.70. The Morgan fingerprint density at radius 3 is 2.03 bits per heavy atom. The van der Waals surface area contributed by atoms with Crippen LogP contribution in [-0.4, -0.2) is 32.7 Å². The summed E-state index contributed by atoms with van der Waals surface area (Å²) in [6.07, 6.45) is 2.20. The van der Waals surface area contributed by atoms with Gasteiger partial charge in [0.05, 0.1) is 5.70 Å². The van der Waals surface area contributed by atoms with Crippen molar-refractivity contribution in [2.75, 3.05) is 37.0 Å². The van der Waals surface area contributed by atoms with Crippen LogP contribution in [0.4, 0.5) is 11.4 Å². The van der Waals surface area contributed by atoms with Crippen molar-refractivity contribution in [1.29, 1.82) is 0 Å². The van der Waals surface area contributed by atoms with E-state index in [0.717, 1.165) is 18.8 Å². The molecule has 2 aromatic rings. The smallest absolute Gasteiger partial charge is 0.110 e. The fraction of sp³-hybridized carbons (Fsp3) is 0.440. The molecule has 29 heavy (non-hydrogen) atoms. The maximum absolute atomic E-state index is 4.70. The lowest BCUT2D eigenvalue weighted by Crippen LogP contribution is -2.29. The van der Waals surface area contributed by atoms with Crippen molar-refractivity contribution in [2.45, 2.75) is 46.1 Å². The van der Waals surface area contributed by atoms with Gasteiger partial charge in [-0.05, 0) is 81.7 Å². The number of rotatable bonds is 7. The molecule has 0 saturated heterocycles. The normalized spacial score (nSPS) is 19.2. The van der Waals surface area contributed by atoms with Crippen molar-refractivity contribution in [3.8, 4) is 0 Å². The van der Waals surface area contributed by atoms with Crippen molar-refractivity contribution in [3.63, 3.8) is 0 Å². The summed E-state index contributed by atoms with van der Waals surface area (Å²) >= 11 is 0. The molecule has 0 N–H and O–H groups in total. The molecule has 1 aliphatic rings. The van der Waals surface area contributed by atoms with Crippen LogP contribution in [0.5, 0.6) is 0 Å². The van der Waals surface area contributed by atoms with E-state index in [4.69, 9.17) is 5.11 Å². The summed E-state index contributed by atoms with van der Waals surface area (Å²) in [6, 6.07) is 15.7.